The van der Waals surface area contributed by atoms with E-state index in [4.69, 9.17) is 11.3 Å². The number of aromatic amines is 1. The highest BCUT2D eigenvalue weighted by Crippen LogP contribution is 2.32. The third kappa shape index (κ3) is 4.67. The molecule has 0 spiro atoms. The topological polar surface area (TPSA) is 123 Å². The number of fused-ring (bicyclic) bond motifs is 1. The van der Waals surface area contributed by atoms with Crippen LogP contribution in [-0.4, -0.2) is 34.8 Å². The fraction of sp³-hybridized carbons (Fsp3) is 0.280. The summed E-state index contributed by atoms with van der Waals surface area (Å²) in [6.07, 6.45) is 1.48. The lowest BCUT2D eigenvalue weighted by Gasteiger charge is -2.14. The molecule has 4 rings (SSSR count). The van der Waals surface area contributed by atoms with Crippen molar-refractivity contribution in [1.82, 2.24) is 19.7 Å². The molecule has 0 saturated carbocycles. The van der Waals surface area contributed by atoms with E-state index in [2.05, 4.69) is 24.6 Å². The van der Waals surface area contributed by atoms with E-state index in [0.29, 0.717) is 58.0 Å². The standard InChI is InChI=1S/C25H26N6O4S/c1-6-8-20-22-23(31(5)29-20)25(32)28-24(27-22)18-14-17(10-12-21(18)35-7-2)36(33,34)30-16-9-11-19(26-4)15(3)13-16/h9-14,30H,6-8H2,1-3,5H3,(H,27,28,32). The van der Waals surface area contributed by atoms with Gasteiger partial charge in [-0.25, -0.2) is 18.2 Å². The smallest absolute Gasteiger partial charge is 0.277 e. The van der Waals surface area contributed by atoms with Gasteiger partial charge in [0.15, 0.2) is 11.2 Å². The van der Waals surface area contributed by atoms with Crippen molar-refractivity contribution in [3.8, 4) is 17.1 Å². The minimum atomic E-state index is -4.00. The zero-order valence-electron chi connectivity index (χ0n) is 20.4. The number of sulfonamides is 1. The van der Waals surface area contributed by atoms with Crippen LogP contribution in [0.1, 0.15) is 31.5 Å². The highest BCUT2D eigenvalue weighted by Gasteiger charge is 2.21. The minimum Gasteiger partial charge on any atom is -0.493 e. The van der Waals surface area contributed by atoms with Crippen LogP contribution in [0, 0.1) is 13.5 Å². The second-order valence-corrected chi connectivity index (χ2v) is 9.92. The van der Waals surface area contributed by atoms with E-state index in [1.54, 1.807) is 32.2 Å². The Hall–Kier alpha value is -4.17. The highest BCUT2D eigenvalue weighted by molar-refractivity contribution is 7.92. The molecule has 0 radical (unpaired) electrons. The van der Waals surface area contributed by atoms with E-state index >= 15 is 0 Å². The largest absolute Gasteiger partial charge is 0.493 e. The number of anilines is 1. The first-order chi connectivity index (χ1) is 17.2. The van der Waals surface area contributed by atoms with Crippen molar-refractivity contribution >= 4 is 32.4 Å². The predicted octanol–water partition coefficient (Wildman–Crippen LogP) is 4.33. The van der Waals surface area contributed by atoms with E-state index in [1.807, 2.05) is 13.8 Å². The van der Waals surface area contributed by atoms with Crippen LogP contribution in [0.2, 0.25) is 0 Å². The molecule has 0 unspecified atom stereocenters. The van der Waals surface area contributed by atoms with Crippen LogP contribution in [0.5, 0.6) is 5.75 Å². The van der Waals surface area contributed by atoms with E-state index in [9.17, 15) is 13.2 Å². The molecule has 0 saturated heterocycles. The minimum absolute atomic E-state index is 0.0319. The number of nitrogens with one attached hydrogen (secondary N) is 2. The summed E-state index contributed by atoms with van der Waals surface area (Å²) < 4.78 is 36.2. The Morgan fingerprint density at radius 3 is 2.64 bits per heavy atom. The van der Waals surface area contributed by atoms with Gasteiger partial charge in [0.05, 0.1) is 29.3 Å². The average Bonchev–Trinajstić information content (AvgIpc) is 3.15. The number of rotatable bonds is 8. The summed E-state index contributed by atoms with van der Waals surface area (Å²) in [5.74, 6) is 0.577. The van der Waals surface area contributed by atoms with E-state index in [1.165, 1.54) is 22.9 Å². The van der Waals surface area contributed by atoms with Crippen LogP contribution < -0.4 is 15.0 Å². The molecule has 0 fully saturated rings. The number of hydrogen-bond acceptors (Lipinski definition) is 6. The second-order valence-electron chi connectivity index (χ2n) is 8.24. The molecule has 0 aliphatic heterocycles. The molecule has 10 nitrogen and oxygen atoms in total. The number of benzene rings is 2. The van der Waals surface area contributed by atoms with Crippen molar-refractivity contribution < 1.29 is 13.2 Å². The molecular weight excluding hydrogens is 480 g/mol. The molecule has 36 heavy (non-hydrogen) atoms. The molecule has 4 aromatic rings. The normalized spacial score (nSPS) is 11.4. The Bertz CT molecular complexity index is 1660. The monoisotopic (exact) mass is 506 g/mol. The summed E-state index contributed by atoms with van der Waals surface area (Å²) in [4.78, 5) is 23.7. The van der Waals surface area contributed by atoms with Crippen molar-refractivity contribution in [3.05, 3.63) is 69.4 Å². The van der Waals surface area contributed by atoms with Gasteiger partial charge in [0, 0.05) is 12.7 Å². The van der Waals surface area contributed by atoms with Crippen LogP contribution in [-0.2, 0) is 23.5 Å². The van der Waals surface area contributed by atoms with Gasteiger partial charge in [-0.1, -0.05) is 19.4 Å². The van der Waals surface area contributed by atoms with Gasteiger partial charge in [-0.2, -0.15) is 5.10 Å². The maximum atomic E-state index is 13.2. The number of H-pyrrole nitrogens is 1. The molecule has 0 atom stereocenters. The number of ether oxygens (including phenoxy) is 1. The molecule has 11 heteroatoms. The summed E-state index contributed by atoms with van der Waals surface area (Å²) >= 11 is 0. The molecule has 0 bridgehead atoms. The zero-order valence-corrected chi connectivity index (χ0v) is 21.2. The van der Waals surface area contributed by atoms with E-state index < -0.39 is 10.0 Å². The molecule has 2 aromatic carbocycles. The van der Waals surface area contributed by atoms with Crippen molar-refractivity contribution in [2.75, 3.05) is 11.3 Å². The van der Waals surface area contributed by atoms with E-state index in [-0.39, 0.29) is 16.3 Å². The van der Waals surface area contributed by atoms with Gasteiger partial charge in [-0.3, -0.25) is 14.2 Å². The highest BCUT2D eigenvalue weighted by atomic mass is 32.2. The van der Waals surface area contributed by atoms with Gasteiger partial charge in [0.2, 0.25) is 0 Å². The second kappa shape index (κ2) is 9.83. The molecule has 186 valence electrons. The molecule has 2 heterocycles. The summed E-state index contributed by atoms with van der Waals surface area (Å²) in [6.45, 7) is 13.1. The Labute approximate surface area is 208 Å². The Balaban J connectivity index is 1.83. The quantitative estimate of drug-likeness (QED) is 0.343. The van der Waals surface area contributed by atoms with Gasteiger partial charge in [-0.15, -0.1) is 0 Å². The first kappa shape index (κ1) is 24.9. The average molecular weight is 507 g/mol. The number of aryl methyl sites for hydroxylation is 3. The summed E-state index contributed by atoms with van der Waals surface area (Å²) in [7, 11) is -2.31. The van der Waals surface area contributed by atoms with Crippen molar-refractivity contribution in [2.24, 2.45) is 7.05 Å². The third-order valence-corrected chi connectivity index (χ3v) is 7.01. The summed E-state index contributed by atoms with van der Waals surface area (Å²) in [5, 5.41) is 4.44. The third-order valence-electron chi connectivity index (χ3n) is 5.64. The molecular formula is C25H26N6O4S. The molecule has 0 aliphatic carbocycles. The summed E-state index contributed by atoms with van der Waals surface area (Å²) in [5.41, 5.74) is 2.93. The molecule has 0 aliphatic rings. The van der Waals surface area contributed by atoms with Crippen molar-refractivity contribution in [3.63, 3.8) is 0 Å². The van der Waals surface area contributed by atoms with Crippen LogP contribution in [0.25, 0.3) is 27.3 Å². The first-order valence-corrected chi connectivity index (χ1v) is 12.9. The molecule has 2 N–H and O–H groups in total. The van der Waals surface area contributed by atoms with Crippen LogP contribution in [0.15, 0.2) is 46.1 Å². The lowest BCUT2D eigenvalue weighted by atomic mass is 10.1. The maximum absolute atomic E-state index is 13.2. The molecule has 0 amide bonds. The van der Waals surface area contributed by atoms with E-state index in [0.717, 1.165) is 6.42 Å². The lowest BCUT2D eigenvalue weighted by molar-refractivity contribution is 0.341. The predicted molar refractivity (Wildman–Crippen MR) is 138 cm³/mol. The van der Waals surface area contributed by atoms with Crippen LogP contribution >= 0.6 is 0 Å². The number of aromatic nitrogens is 4. The zero-order chi connectivity index (χ0) is 26.0. The lowest BCUT2D eigenvalue weighted by Crippen LogP contribution is -2.15. The Morgan fingerprint density at radius 2 is 1.97 bits per heavy atom. The molecule has 2 aromatic heterocycles. The van der Waals surface area contributed by atoms with Gasteiger partial charge in [0.1, 0.15) is 17.1 Å². The van der Waals surface area contributed by atoms with Gasteiger partial charge in [-0.05, 0) is 56.2 Å². The van der Waals surface area contributed by atoms with Gasteiger partial charge >= 0.3 is 0 Å². The fourth-order valence-corrected chi connectivity index (χ4v) is 5.06. The van der Waals surface area contributed by atoms with Crippen LogP contribution in [0.3, 0.4) is 0 Å². The Kier molecular flexibility index (Phi) is 6.81. The van der Waals surface area contributed by atoms with Crippen molar-refractivity contribution in [2.45, 2.75) is 38.5 Å². The SMILES string of the molecule is [C-]#[N+]c1ccc(NS(=O)(=O)c2ccc(OCC)c(-c3nc4c(CCC)nn(C)c4c(=O)[nH]3)c2)cc1C. The van der Waals surface area contributed by atoms with Crippen LogP contribution in [0.4, 0.5) is 11.4 Å². The fourth-order valence-electron chi connectivity index (χ4n) is 3.98. The van der Waals surface area contributed by atoms with Gasteiger partial charge in [0.25, 0.3) is 15.6 Å². The summed E-state index contributed by atoms with van der Waals surface area (Å²) in [6, 6.07) is 9.10. The first-order valence-electron chi connectivity index (χ1n) is 11.4. The van der Waals surface area contributed by atoms with Crippen molar-refractivity contribution in [1.29, 1.82) is 0 Å². The number of nitrogens with zero attached hydrogens (tertiary/aromatic N) is 4. The Morgan fingerprint density at radius 1 is 1.19 bits per heavy atom. The van der Waals surface area contributed by atoms with Gasteiger partial charge < -0.3 is 9.72 Å². The maximum Gasteiger partial charge on any atom is 0.277 e. The number of hydrogen-bond donors (Lipinski definition) is 2.